The molecule has 14 heavy (non-hydrogen) atoms. The largest absolute Gasteiger partial charge is 0.394 e. The van der Waals surface area contributed by atoms with Gasteiger partial charge in [-0.15, -0.1) is 0 Å². The highest BCUT2D eigenvalue weighted by molar-refractivity contribution is 5.25. The van der Waals surface area contributed by atoms with Crippen LogP contribution in [-0.4, -0.2) is 22.9 Å². The molecule has 0 radical (unpaired) electrons. The van der Waals surface area contributed by atoms with Crippen molar-refractivity contribution in [1.82, 2.24) is 0 Å². The van der Waals surface area contributed by atoms with E-state index in [0.29, 0.717) is 12.8 Å². The van der Waals surface area contributed by atoms with Crippen LogP contribution >= 0.6 is 0 Å². The van der Waals surface area contributed by atoms with Gasteiger partial charge in [-0.05, 0) is 24.7 Å². The summed E-state index contributed by atoms with van der Waals surface area (Å²) in [4.78, 5) is 0. The Hall–Kier alpha value is -0.960. The van der Waals surface area contributed by atoms with Crippen molar-refractivity contribution in [2.24, 2.45) is 0 Å². The van der Waals surface area contributed by atoms with Gasteiger partial charge in [-0.2, -0.15) is 0 Å². The van der Waals surface area contributed by atoms with Gasteiger partial charge in [0, 0.05) is 12.8 Å². The molecule has 0 saturated carbocycles. The van der Waals surface area contributed by atoms with Gasteiger partial charge in [0.25, 0.3) is 0 Å². The highest BCUT2D eigenvalue weighted by Gasteiger charge is 1.97. The first kappa shape index (κ1) is 13.0. The second-order valence-corrected chi connectivity index (χ2v) is 3.08. The summed E-state index contributed by atoms with van der Waals surface area (Å²) in [5.41, 5.74) is 0. The summed E-state index contributed by atoms with van der Waals surface area (Å²) >= 11 is 0. The lowest BCUT2D eigenvalue weighted by Gasteiger charge is -2.00. The fourth-order valence-electron chi connectivity index (χ4n) is 0.809. The average molecular weight is 194 g/mol. The fraction of sp³-hybridized carbons (Fsp3) is 0.667. The first-order chi connectivity index (χ1) is 6.81. The maximum Gasteiger partial charge on any atom is 0.0780 e. The highest BCUT2D eigenvalue weighted by Crippen LogP contribution is 1.93. The van der Waals surface area contributed by atoms with Crippen LogP contribution < -0.4 is 0 Å². The summed E-state index contributed by atoms with van der Waals surface area (Å²) in [5.74, 6) is 11.3. The van der Waals surface area contributed by atoms with Crippen molar-refractivity contribution in [3.05, 3.63) is 0 Å². The molecule has 0 bridgehead atoms. The van der Waals surface area contributed by atoms with E-state index in [1.54, 1.807) is 0 Å². The summed E-state index contributed by atoms with van der Waals surface area (Å²) < 4.78 is 0. The molecule has 2 N–H and O–H groups in total. The Morgan fingerprint density at radius 2 is 1.79 bits per heavy atom. The number of aliphatic hydroxyl groups excluding tert-OH is 2. The van der Waals surface area contributed by atoms with Crippen LogP contribution in [0.25, 0.3) is 0 Å². The third-order valence-corrected chi connectivity index (χ3v) is 1.71. The van der Waals surface area contributed by atoms with E-state index >= 15 is 0 Å². The smallest absolute Gasteiger partial charge is 0.0780 e. The molecule has 0 heterocycles. The Balaban J connectivity index is 3.46. The van der Waals surface area contributed by atoms with Crippen molar-refractivity contribution >= 4 is 0 Å². The minimum Gasteiger partial charge on any atom is -0.394 e. The van der Waals surface area contributed by atoms with E-state index in [1.165, 1.54) is 0 Å². The van der Waals surface area contributed by atoms with E-state index in [2.05, 4.69) is 30.6 Å². The third-order valence-electron chi connectivity index (χ3n) is 1.71. The topological polar surface area (TPSA) is 40.5 Å². The van der Waals surface area contributed by atoms with Crippen molar-refractivity contribution in [3.63, 3.8) is 0 Å². The molecular formula is C12H18O2. The molecule has 0 fully saturated rings. The van der Waals surface area contributed by atoms with Gasteiger partial charge < -0.3 is 10.2 Å². The average Bonchev–Trinajstić information content (AvgIpc) is 2.21. The Bertz CT molecular complexity index is 237. The van der Waals surface area contributed by atoms with E-state index in [0.717, 1.165) is 19.3 Å². The summed E-state index contributed by atoms with van der Waals surface area (Å²) in [7, 11) is 0. The molecule has 0 saturated heterocycles. The quantitative estimate of drug-likeness (QED) is 0.512. The van der Waals surface area contributed by atoms with Gasteiger partial charge in [-0.25, -0.2) is 0 Å². The lowest BCUT2D eigenvalue weighted by Crippen LogP contribution is -2.10. The van der Waals surface area contributed by atoms with Crippen LogP contribution in [0, 0.1) is 23.7 Å². The maximum absolute atomic E-state index is 8.98. The Morgan fingerprint density at radius 1 is 1.14 bits per heavy atom. The monoisotopic (exact) mass is 194 g/mol. The molecule has 1 atom stereocenters. The predicted octanol–water partition coefficient (Wildman–Crippen LogP) is 1.32. The van der Waals surface area contributed by atoms with Crippen LogP contribution in [-0.2, 0) is 0 Å². The zero-order chi connectivity index (χ0) is 10.6. The molecule has 0 aliphatic rings. The van der Waals surface area contributed by atoms with Crippen LogP contribution in [0.4, 0.5) is 0 Å². The molecule has 0 spiro atoms. The molecule has 78 valence electrons. The van der Waals surface area contributed by atoms with Crippen LogP contribution in [0.5, 0.6) is 0 Å². The second kappa shape index (κ2) is 10.1. The van der Waals surface area contributed by atoms with Gasteiger partial charge in [-0.3, -0.25) is 0 Å². The van der Waals surface area contributed by atoms with Crippen molar-refractivity contribution in [3.8, 4) is 23.7 Å². The fourth-order valence-corrected chi connectivity index (χ4v) is 0.809. The van der Waals surface area contributed by atoms with E-state index in [9.17, 15) is 0 Å². The van der Waals surface area contributed by atoms with Gasteiger partial charge >= 0.3 is 0 Å². The molecule has 0 aromatic carbocycles. The molecule has 0 aromatic rings. The minimum atomic E-state index is -0.641. The van der Waals surface area contributed by atoms with E-state index in [1.807, 2.05) is 0 Å². The lowest BCUT2D eigenvalue weighted by atomic mass is 10.2. The zero-order valence-corrected chi connectivity index (χ0v) is 8.71. The first-order valence-corrected chi connectivity index (χ1v) is 5.06. The minimum absolute atomic E-state index is 0.191. The van der Waals surface area contributed by atoms with Crippen molar-refractivity contribution in [1.29, 1.82) is 0 Å². The molecule has 0 amide bonds. The highest BCUT2D eigenvalue weighted by atomic mass is 16.3. The SMILES string of the molecule is CCCCC#CC#CCCC(O)CO. The molecule has 0 rings (SSSR count). The van der Waals surface area contributed by atoms with E-state index in [-0.39, 0.29) is 6.61 Å². The Labute approximate surface area is 86.3 Å². The van der Waals surface area contributed by atoms with Gasteiger partial charge in [0.2, 0.25) is 0 Å². The number of aliphatic hydroxyl groups is 2. The number of unbranched alkanes of at least 4 members (excludes halogenated alkanes) is 2. The summed E-state index contributed by atoms with van der Waals surface area (Å²) in [6.45, 7) is 1.94. The van der Waals surface area contributed by atoms with Crippen molar-refractivity contribution < 1.29 is 10.2 Å². The summed E-state index contributed by atoms with van der Waals surface area (Å²) in [6.07, 6.45) is 3.65. The third kappa shape index (κ3) is 9.13. The molecule has 1 unspecified atom stereocenters. The van der Waals surface area contributed by atoms with E-state index in [4.69, 9.17) is 10.2 Å². The Kier molecular flexibility index (Phi) is 9.43. The van der Waals surface area contributed by atoms with Crippen LogP contribution in [0.1, 0.15) is 39.0 Å². The molecule has 2 nitrogen and oxygen atoms in total. The molecule has 0 aromatic heterocycles. The van der Waals surface area contributed by atoms with E-state index < -0.39 is 6.10 Å². The second-order valence-electron chi connectivity index (χ2n) is 3.08. The Morgan fingerprint density at radius 3 is 2.36 bits per heavy atom. The van der Waals surface area contributed by atoms with Crippen molar-refractivity contribution in [2.45, 2.75) is 45.1 Å². The number of hydrogen-bond acceptors (Lipinski definition) is 2. The number of rotatable bonds is 5. The van der Waals surface area contributed by atoms with Gasteiger partial charge in [0.15, 0.2) is 0 Å². The maximum atomic E-state index is 8.98. The van der Waals surface area contributed by atoms with Crippen LogP contribution in [0.15, 0.2) is 0 Å². The summed E-state index contributed by atoms with van der Waals surface area (Å²) in [5, 5.41) is 17.5. The molecule has 0 aliphatic carbocycles. The number of hydrogen-bond donors (Lipinski definition) is 2. The predicted molar refractivity (Wildman–Crippen MR) is 57.4 cm³/mol. The molecule has 2 heteroatoms. The van der Waals surface area contributed by atoms with Gasteiger partial charge in [0.1, 0.15) is 0 Å². The van der Waals surface area contributed by atoms with Crippen molar-refractivity contribution in [2.75, 3.05) is 6.61 Å². The van der Waals surface area contributed by atoms with Crippen LogP contribution in [0.3, 0.4) is 0 Å². The normalized spacial score (nSPS) is 10.8. The summed E-state index contributed by atoms with van der Waals surface area (Å²) in [6, 6.07) is 0. The zero-order valence-electron chi connectivity index (χ0n) is 8.71. The van der Waals surface area contributed by atoms with Gasteiger partial charge in [0.05, 0.1) is 12.7 Å². The van der Waals surface area contributed by atoms with Crippen LogP contribution in [0.2, 0.25) is 0 Å². The molecule has 0 aliphatic heterocycles. The lowest BCUT2D eigenvalue weighted by molar-refractivity contribution is 0.0896. The first-order valence-electron chi connectivity index (χ1n) is 5.06. The standard InChI is InChI=1S/C12H18O2/c1-2-3-4-5-6-7-8-9-10-12(14)11-13/h12-14H,2-4,9-11H2,1H3. The van der Waals surface area contributed by atoms with Gasteiger partial charge in [-0.1, -0.05) is 25.2 Å². The molecular weight excluding hydrogens is 176 g/mol.